The molecule has 2 aromatic rings. The summed E-state index contributed by atoms with van der Waals surface area (Å²) in [5.74, 6) is 1.15. The highest BCUT2D eigenvalue weighted by molar-refractivity contribution is 5.93. The molecule has 2 aromatic carbocycles. The summed E-state index contributed by atoms with van der Waals surface area (Å²) >= 11 is 0. The van der Waals surface area contributed by atoms with Gasteiger partial charge in [-0.25, -0.2) is 0 Å². The van der Waals surface area contributed by atoms with Crippen LogP contribution in [-0.2, 0) is 9.59 Å². The second-order valence-electron chi connectivity index (χ2n) is 7.48. The van der Waals surface area contributed by atoms with Crippen molar-refractivity contribution in [2.45, 2.75) is 33.2 Å². The number of nitrogens with zero attached hydrogens (tertiary/aromatic N) is 1. The lowest BCUT2D eigenvalue weighted by Gasteiger charge is -2.22. The third-order valence-electron chi connectivity index (χ3n) is 4.97. The zero-order valence-corrected chi connectivity index (χ0v) is 17.7. The van der Waals surface area contributed by atoms with Gasteiger partial charge in [0, 0.05) is 5.69 Å². The van der Waals surface area contributed by atoms with Crippen LogP contribution in [0.3, 0.4) is 0 Å². The Bertz CT molecular complexity index is 900. The molecule has 1 aliphatic heterocycles. The maximum absolute atomic E-state index is 12.6. The van der Waals surface area contributed by atoms with Gasteiger partial charge in [-0.05, 0) is 56.1 Å². The Hall–Kier alpha value is -3.06. The number of fused-ring (bicyclic) bond motifs is 1. The summed E-state index contributed by atoms with van der Waals surface area (Å²) in [6.07, 6.45) is 0.850. The predicted octanol–water partition coefficient (Wildman–Crippen LogP) is 3.25. The lowest BCUT2D eigenvalue weighted by molar-refractivity contribution is -0.124. The van der Waals surface area contributed by atoms with Gasteiger partial charge in [0.15, 0.2) is 11.5 Å². The molecule has 7 nitrogen and oxygen atoms in total. The van der Waals surface area contributed by atoms with Crippen LogP contribution < -0.4 is 20.1 Å². The number of anilines is 1. The van der Waals surface area contributed by atoms with Gasteiger partial charge in [0.1, 0.15) is 0 Å². The topological polar surface area (TPSA) is 79.9 Å². The van der Waals surface area contributed by atoms with Gasteiger partial charge in [0.2, 0.25) is 18.6 Å². The number of hydrogen-bond donors (Lipinski definition) is 2. The fourth-order valence-electron chi connectivity index (χ4n) is 3.39. The number of amides is 2. The molecule has 0 unspecified atom stereocenters. The molecule has 160 valence electrons. The van der Waals surface area contributed by atoms with Crippen LogP contribution in [0.4, 0.5) is 5.69 Å². The molecule has 2 amide bonds. The van der Waals surface area contributed by atoms with Gasteiger partial charge in [-0.3, -0.25) is 14.5 Å². The van der Waals surface area contributed by atoms with Crippen molar-refractivity contribution in [3.05, 3.63) is 53.6 Å². The van der Waals surface area contributed by atoms with E-state index in [-0.39, 0.29) is 37.7 Å². The van der Waals surface area contributed by atoms with Crippen molar-refractivity contribution < 1.29 is 19.1 Å². The molecule has 0 aliphatic carbocycles. The van der Waals surface area contributed by atoms with E-state index in [1.807, 2.05) is 68.1 Å². The monoisotopic (exact) mass is 411 g/mol. The van der Waals surface area contributed by atoms with E-state index in [0.29, 0.717) is 18.0 Å². The van der Waals surface area contributed by atoms with E-state index in [9.17, 15) is 9.59 Å². The fourth-order valence-corrected chi connectivity index (χ4v) is 3.39. The van der Waals surface area contributed by atoms with Crippen molar-refractivity contribution in [3.63, 3.8) is 0 Å². The van der Waals surface area contributed by atoms with E-state index in [4.69, 9.17) is 9.47 Å². The molecular formula is C23H29N3O4. The average Bonchev–Trinajstić information content (AvgIpc) is 3.17. The number of carbonyl (C=O) groups is 2. The van der Waals surface area contributed by atoms with Crippen molar-refractivity contribution in [1.29, 1.82) is 0 Å². The Labute approximate surface area is 177 Å². The van der Waals surface area contributed by atoms with Crippen molar-refractivity contribution in [1.82, 2.24) is 10.2 Å². The first kappa shape index (κ1) is 21.6. The smallest absolute Gasteiger partial charge is 0.238 e. The molecular weight excluding hydrogens is 382 g/mol. The molecule has 0 spiro atoms. The summed E-state index contributed by atoms with van der Waals surface area (Å²) < 4.78 is 10.7. The first-order chi connectivity index (χ1) is 14.5. The minimum atomic E-state index is -0.184. The van der Waals surface area contributed by atoms with E-state index in [2.05, 4.69) is 10.6 Å². The summed E-state index contributed by atoms with van der Waals surface area (Å²) in [5.41, 5.74) is 2.73. The Balaban J connectivity index is 1.54. The highest BCUT2D eigenvalue weighted by atomic mass is 16.7. The largest absolute Gasteiger partial charge is 0.454 e. The summed E-state index contributed by atoms with van der Waals surface area (Å²) in [4.78, 5) is 26.9. The van der Waals surface area contributed by atoms with Crippen molar-refractivity contribution in [3.8, 4) is 11.5 Å². The summed E-state index contributed by atoms with van der Waals surface area (Å²) in [5, 5.41) is 5.92. The van der Waals surface area contributed by atoms with Gasteiger partial charge in [0.25, 0.3) is 0 Å². The predicted molar refractivity (Wildman–Crippen MR) is 116 cm³/mol. The van der Waals surface area contributed by atoms with Gasteiger partial charge in [-0.1, -0.05) is 31.2 Å². The standard InChI is InChI=1S/C23H29N3O4/c1-4-11-26(14-23(28)25-19-8-6-5-7-16(19)2)13-22(27)24-17(3)18-9-10-20-21(12-18)30-15-29-20/h5-10,12,17H,4,11,13-15H2,1-3H3,(H,24,27)(H,25,28)/t17-/m1/s1. The Morgan fingerprint density at radius 1 is 1.07 bits per heavy atom. The van der Waals surface area contributed by atoms with Crippen LogP contribution in [0.2, 0.25) is 0 Å². The van der Waals surface area contributed by atoms with Crippen LogP contribution in [0.25, 0.3) is 0 Å². The molecule has 0 radical (unpaired) electrons. The second kappa shape index (κ2) is 10.1. The van der Waals surface area contributed by atoms with Crippen molar-refractivity contribution in [2.75, 3.05) is 31.7 Å². The number of para-hydroxylation sites is 1. The maximum Gasteiger partial charge on any atom is 0.238 e. The van der Waals surface area contributed by atoms with Gasteiger partial charge in [-0.2, -0.15) is 0 Å². The van der Waals surface area contributed by atoms with Crippen LogP contribution in [-0.4, -0.2) is 43.1 Å². The third-order valence-corrected chi connectivity index (χ3v) is 4.97. The average molecular weight is 412 g/mol. The summed E-state index contributed by atoms with van der Waals surface area (Å²) in [6, 6.07) is 13.1. The van der Waals surface area contributed by atoms with Gasteiger partial charge in [0.05, 0.1) is 19.1 Å². The van der Waals surface area contributed by atoms with E-state index in [0.717, 1.165) is 23.2 Å². The number of nitrogens with one attached hydrogen (secondary N) is 2. The molecule has 30 heavy (non-hydrogen) atoms. The SMILES string of the molecule is CCCN(CC(=O)Nc1ccccc1C)CC(=O)N[C@H](C)c1ccc2c(c1)OCO2. The van der Waals surface area contributed by atoms with Gasteiger partial charge in [-0.15, -0.1) is 0 Å². The highest BCUT2D eigenvalue weighted by Gasteiger charge is 2.19. The number of rotatable bonds is 9. The first-order valence-electron chi connectivity index (χ1n) is 10.2. The van der Waals surface area contributed by atoms with Crippen LogP contribution in [0.5, 0.6) is 11.5 Å². The van der Waals surface area contributed by atoms with Crippen LogP contribution in [0.15, 0.2) is 42.5 Å². The van der Waals surface area contributed by atoms with Crippen molar-refractivity contribution >= 4 is 17.5 Å². The number of aryl methyl sites for hydroxylation is 1. The summed E-state index contributed by atoms with van der Waals surface area (Å²) in [6.45, 7) is 7.09. The Kier molecular flexibility index (Phi) is 7.30. The number of hydrogen-bond acceptors (Lipinski definition) is 5. The van der Waals surface area contributed by atoms with Crippen LogP contribution in [0.1, 0.15) is 37.4 Å². The number of benzene rings is 2. The molecule has 2 N–H and O–H groups in total. The normalized spacial score (nSPS) is 13.2. The van der Waals surface area contributed by atoms with E-state index >= 15 is 0 Å². The molecule has 0 aromatic heterocycles. The summed E-state index contributed by atoms with van der Waals surface area (Å²) in [7, 11) is 0. The van der Waals surface area contributed by atoms with Crippen molar-refractivity contribution in [2.24, 2.45) is 0 Å². The molecule has 1 heterocycles. The zero-order chi connectivity index (χ0) is 21.5. The molecule has 7 heteroatoms. The van der Waals surface area contributed by atoms with Crippen LogP contribution in [0, 0.1) is 6.92 Å². The lowest BCUT2D eigenvalue weighted by Crippen LogP contribution is -2.42. The number of ether oxygens (including phenoxy) is 2. The van der Waals surface area contributed by atoms with E-state index in [1.54, 1.807) is 0 Å². The lowest BCUT2D eigenvalue weighted by atomic mass is 10.1. The molecule has 3 rings (SSSR count). The zero-order valence-electron chi connectivity index (χ0n) is 17.7. The third kappa shape index (κ3) is 5.73. The quantitative estimate of drug-likeness (QED) is 0.662. The maximum atomic E-state index is 12.6. The second-order valence-corrected chi connectivity index (χ2v) is 7.48. The number of carbonyl (C=O) groups excluding carboxylic acids is 2. The Morgan fingerprint density at radius 3 is 2.57 bits per heavy atom. The van der Waals surface area contributed by atoms with Gasteiger partial charge < -0.3 is 20.1 Å². The molecule has 0 fully saturated rings. The first-order valence-corrected chi connectivity index (χ1v) is 10.2. The highest BCUT2D eigenvalue weighted by Crippen LogP contribution is 2.34. The minimum Gasteiger partial charge on any atom is -0.454 e. The van der Waals surface area contributed by atoms with Crippen LogP contribution >= 0.6 is 0 Å². The molecule has 1 aliphatic rings. The molecule has 0 bridgehead atoms. The van der Waals surface area contributed by atoms with E-state index in [1.165, 1.54) is 0 Å². The fraction of sp³-hybridized carbons (Fsp3) is 0.391. The molecule has 0 saturated carbocycles. The molecule has 1 atom stereocenters. The van der Waals surface area contributed by atoms with E-state index < -0.39 is 0 Å². The molecule has 0 saturated heterocycles. The Morgan fingerprint density at radius 2 is 1.80 bits per heavy atom. The van der Waals surface area contributed by atoms with Gasteiger partial charge >= 0.3 is 0 Å². The minimum absolute atomic E-state index is 0.127.